The van der Waals surface area contributed by atoms with Crippen LogP contribution >= 0.6 is 11.8 Å². The van der Waals surface area contributed by atoms with Crippen LogP contribution in [-0.4, -0.2) is 51.6 Å². The van der Waals surface area contributed by atoms with Crippen molar-refractivity contribution < 1.29 is 19.5 Å². The molecule has 1 fully saturated rings. The molecule has 0 aromatic carbocycles. The lowest BCUT2D eigenvalue weighted by Crippen LogP contribution is -2.50. The van der Waals surface area contributed by atoms with Crippen molar-refractivity contribution in [2.45, 2.75) is 31.2 Å². The lowest BCUT2D eigenvalue weighted by Gasteiger charge is -2.26. The summed E-state index contributed by atoms with van der Waals surface area (Å²) in [4.78, 5) is 34.8. The molecule has 102 valence electrons. The van der Waals surface area contributed by atoms with Crippen LogP contribution in [0.15, 0.2) is 0 Å². The van der Waals surface area contributed by atoms with Crippen LogP contribution in [0, 0.1) is 0 Å². The SMILES string of the molecule is CCC1SCC(C(=O)O)N1C(=O)NCCC(N)=O. The first kappa shape index (κ1) is 14.6. The Balaban J connectivity index is 2.60. The van der Waals surface area contributed by atoms with Gasteiger partial charge in [-0.25, -0.2) is 9.59 Å². The third kappa shape index (κ3) is 3.52. The van der Waals surface area contributed by atoms with Gasteiger partial charge in [-0.3, -0.25) is 9.69 Å². The summed E-state index contributed by atoms with van der Waals surface area (Å²) in [5.41, 5.74) is 4.96. The number of amides is 3. The number of aliphatic carboxylic acids is 1. The minimum Gasteiger partial charge on any atom is -0.480 e. The van der Waals surface area contributed by atoms with Gasteiger partial charge >= 0.3 is 12.0 Å². The molecule has 1 rings (SSSR count). The van der Waals surface area contributed by atoms with E-state index in [0.717, 1.165) is 0 Å². The summed E-state index contributed by atoms with van der Waals surface area (Å²) < 4.78 is 0. The summed E-state index contributed by atoms with van der Waals surface area (Å²) in [6.45, 7) is 2.02. The standard InChI is InChI=1S/C10H17N3O4S/c1-2-8-13(6(5-18-8)9(15)16)10(17)12-4-3-7(11)14/h6,8H,2-5H2,1H3,(H2,11,14)(H,12,17)(H,15,16). The number of urea groups is 1. The van der Waals surface area contributed by atoms with E-state index in [1.54, 1.807) is 0 Å². The molecule has 1 aliphatic heterocycles. The van der Waals surface area contributed by atoms with E-state index in [1.807, 2.05) is 6.92 Å². The summed E-state index contributed by atoms with van der Waals surface area (Å²) in [5, 5.41) is 11.4. The van der Waals surface area contributed by atoms with E-state index in [2.05, 4.69) is 5.32 Å². The quantitative estimate of drug-likeness (QED) is 0.643. The first-order chi connectivity index (χ1) is 8.47. The van der Waals surface area contributed by atoms with Gasteiger partial charge in [-0.2, -0.15) is 0 Å². The van der Waals surface area contributed by atoms with E-state index in [-0.39, 0.29) is 18.3 Å². The Morgan fingerprint density at radius 1 is 1.50 bits per heavy atom. The molecule has 18 heavy (non-hydrogen) atoms. The molecule has 2 atom stereocenters. The number of nitrogens with two attached hydrogens (primary N) is 1. The summed E-state index contributed by atoms with van der Waals surface area (Å²) in [7, 11) is 0. The number of rotatable bonds is 5. The second-order valence-corrected chi connectivity index (χ2v) is 5.12. The van der Waals surface area contributed by atoms with Crippen molar-refractivity contribution >= 4 is 29.7 Å². The molecule has 1 saturated heterocycles. The van der Waals surface area contributed by atoms with E-state index in [1.165, 1.54) is 16.7 Å². The molecule has 4 N–H and O–H groups in total. The number of hydrogen-bond donors (Lipinski definition) is 3. The number of nitrogens with zero attached hydrogens (tertiary/aromatic N) is 1. The van der Waals surface area contributed by atoms with Crippen molar-refractivity contribution in [3.05, 3.63) is 0 Å². The molecule has 0 aliphatic carbocycles. The number of carbonyl (C=O) groups excluding carboxylic acids is 2. The van der Waals surface area contributed by atoms with Gasteiger partial charge in [-0.15, -0.1) is 11.8 Å². The van der Waals surface area contributed by atoms with Crippen molar-refractivity contribution in [1.29, 1.82) is 0 Å². The number of carboxylic acid groups (broad SMARTS) is 1. The zero-order valence-corrected chi connectivity index (χ0v) is 10.9. The van der Waals surface area contributed by atoms with Crippen molar-refractivity contribution in [2.75, 3.05) is 12.3 Å². The van der Waals surface area contributed by atoms with Gasteiger partial charge in [-0.1, -0.05) is 6.92 Å². The highest BCUT2D eigenvalue weighted by Gasteiger charge is 2.40. The van der Waals surface area contributed by atoms with Gasteiger partial charge in [-0.05, 0) is 6.42 Å². The smallest absolute Gasteiger partial charge is 0.327 e. The maximum Gasteiger partial charge on any atom is 0.327 e. The Kier molecular flexibility index (Phi) is 5.26. The molecule has 0 aromatic rings. The van der Waals surface area contributed by atoms with Crippen LogP contribution < -0.4 is 11.1 Å². The molecule has 0 aromatic heterocycles. The van der Waals surface area contributed by atoms with E-state index < -0.39 is 23.9 Å². The fourth-order valence-corrected chi connectivity index (χ4v) is 3.07. The Bertz CT molecular complexity index is 350. The second kappa shape index (κ2) is 6.48. The maximum atomic E-state index is 11.9. The number of nitrogens with one attached hydrogen (secondary N) is 1. The van der Waals surface area contributed by atoms with E-state index in [9.17, 15) is 14.4 Å². The molecule has 7 nitrogen and oxygen atoms in total. The average Bonchev–Trinajstić information content (AvgIpc) is 2.71. The highest BCUT2D eigenvalue weighted by Crippen LogP contribution is 2.31. The van der Waals surface area contributed by atoms with E-state index in [4.69, 9.17) is 10.8 Å². The van der Waals surface area contributed by atoms with Gasteiger partial charge in [0.15, 0.2) is 0 Å². The third-order valence-electron chi connectivity index (χ3n) is 2.61. The highest BCUT2D eigenvalue weighted by molar-refractivity contribution is 8.00. The lowest BCUT2D eigenvalue weighted by molar-refractivity contribution is -0.141. The van der Waals surface area contributed by atoms with Gasteiger partial charge in [0.05, 0.1) is 5.37 Å². The fourth-order valence-electron chi connectivity index (χ4n) is 1.72. The molecule has 1 heterocycles. The molecule has 8 heteroatoms. The van der Waals surface area contributed by atoms with Gasteiger partial charge in [0, 0.05) is 18.7 Å². The van der Waals surface area contributed by atoms with Crippen LogP contribution in [0.1, 0.15) is 19.8 Å². The Labute approximate surface area is 109 Å². The van der Waals surface area contributed by atoms with Crippen LogP contribution in [-0.2, 0) is 9.59 Å². The zero-order valence-electron chi connectivity index (χ0n) is 10.1. The minimum absolute atomic E-state index is 0.0429. The number of primary amides is 1. The molecule has 0 radical (unpaired) electrons. The molecule has 1 aliphatic rings. The van der Waals surface area contributed by atoms with E-state index in [0.29, 0.717) is 12.2 Å². The molecular formula is C10H17N3O4S. The molecule has 0 saturated carbocycles. The van der Waals surface area contributed by atoms with Gasteiger partial charge in [0.1, 0.15) is 6.04 Å². The molecular weight excluding hydrogens is 258 g/mol. The highest BCUT2D eigenvalue weighted by atomic mass is 32.2. The zero-order chi connectivity index (χ0) is 13.7. The van der Waals surface area contributed by atoms with Crippen LogP contribution in [0.3, 0.4) is 0 Å². The van der Waals surface area contributed by atoms with Crippen molar-refractivity contribution in [3.63, 3.8) is 0 Å². The van der Waals surface area contributed by atoms with Gasteiger partial charge in [0.2, 0.25) is 5.91 Å². The Morgan fingerprint density at radius 2 is 2.17 bits per heavy atom. The summed E-state index contributed by atoms with van der Waals surface area (Å²) in [6.07, 6.45) is 0.721. The second-order valence-electron chi connectivity index (χ2n) is 3.91. The first-order valence-electron chi connectivity index (χ1n) is 5.66. The Morgan fingerprint density at radius 3 is 2.67 bits per heavy atom. The normalized spacial score (nSPS) is 22.8. The monoisotopic (exact) mass is 275 g/mol. The largest absolute Gasteiger partial charge is 0.480 e. The predicted octanol–water partition coefficient (Wildman–Crippen LogP) is -0.190. The van der Waals surface area contributed by atoms with Crippen molar-refractivity contribution in [1.82, 2.24) is 10.2 Å². The molecule has 3 amide bonds. The molecule has 0 spiro atoms. The minimum atomic E-state index is -1.01. The number of hydrogen-bond acceptors (Lipinski definition) is 4. The van der Waals surface area contributed by atoms with Crippen LogP contribution in [0.25, 0.3) is 0 Å². The molecule has 0 bridgehead atoms. The molecule has 2 unspecified atom stereocenters. The van der Waals surface area contributed by atoms with Gasteiger partial charge in [0.25, 0.3) is 0 Å². The maximum absolute atomic E-state index is 11.9. The number of carbonyl (C=O) groups is 3. The van der Waals surface area contributed by atoms with Gasteiger partial charge < -0.3 is 16.2 Å². The topological polar surface area (TPSA) is 113 Å². The number of carboxylic acids is 1. The summed E-state index contributed by atoms with van der Waals surface area (Å²) >= 11 is 1.45. The Hall–Kier alpha value is -1.44. The predicted molar refractivity (Wildman–Crippen MR) is 67.0 cm³/mol. The van der Waals surface area contributed by atoms with Crippen molar-refractivity contribution in [3.8, 4) is 0 Å². The first-order valence-corrected chi connectivity index (χ1v) is 6.71. The number of thioether (sulfide) groups is 1. The average molecular weight is 275 g/mol. The summed E-state index contributed by atoms with van der Waals surface area (Å²) in [5.74, 6) is -1.13. The van der Waals surface area contributed by atoms with Crippen LogP contribution in [0.5, 0.6) is 0 Å². The lowest BCUT2D eigenvalue weighted by atomic mass is 10.3. The van der Waals surface area contributed by atoms with Crippen molar-refractivity contribution in [2.24, 2.45) is 5.73 Å². The summed E-state index contributed by atoms with van der Waals surface area (Å²) in [6, 6.07) is -1.27. The third-order valence-corrected chi connectivity index (χ3v) is 4.06. The van der Waals surface area contributed by atoms with Crippen LogP contribution in [0.4, 0.5) is 4.79 Å². The fraction of sp³-hybridized carbons (Fsp3) is 0.700. The van der Waals surface area contributed by atoms with E-state index >= 15 is 0 Å². The van der Waals surface area contributed by atoms with Crippen LogP contribution in [0.2, 0.25) is 0 Å².